The van der Waals surface area contributed by atoms with Gasteiger partial charge in [-0.2, -0.15) is 0 Å². The van der Waals surface area contributed by atoms with Crippen LogP contribution in [0.25, 0.3) is 6.08 Å². The number of carbonyl (C=O) groups excluding carboxylic acids is 1. The van der Waals surface area contributed by atoms with Crippen LogP contribution in [-0.2, 0) is 16.0 Å². The van der Waals surface area contributed by atoms with Crippen molar-refractivity contribution in [3.63, 3.8) is 0 Å². The standard InChI is InChI=1S/C18H14FNO3/c1-22-15-8-4-13(5-9-15)11-17-20-16(18(21)23-17)10-12-2-6-14(19)7-3-12/h2-10H,11H2,1H3/b16-10+. The summed E-state index contributed by atoms with van der Waals surface area (Å²) in [5.74, 6) is 0.271. The number of aliphatic imine (C=N–C) groups is 1. The minimum absolute atomic E-state index is 0.208. The van der Waals surface area contributed by atoms with Crippen LogP contribution in [0.3, 0.4) is 0 Å². The first-order valence-corrected chi connectivity index (χ1v) is 7.04. The molecule has 4 nitrogen and oxygen atoms in total. The smallest absolute Gasteiger partial charge is 0.363 e. The SMILES string of the molecule is COc1ccc(CC2=N/C(=C/c3ccc(F)cc3)C(=O)O2)cc1. The molecule has 1 aliphatic rings. The summed E-state index contributed by atoms with van der Waals surface area (Å²) in [6.07, 6.45) is 1.99. The maximum absolute atomic E-state index is 12.9. The molecular formula is C18H14FNO3. The molecular weight excluding hydrogens is 297 g/mol. The first-order valence-electron chi connectivity index (χ1n) is 7.04. The number of esters is 1. The van der Waals surface area contributed by atoms with E-state index in [2.05, 4.69) is 4.99 Å². The Morgan fingerprint density at radius 3 is 2.48 bits per heavy atom. The van der Waals surface area contributed by atoms with Crippen LogP contribution in [0.5, 0.6) is 5.75 Å². The molecule has 1 heterocycles. The Morgan fingerprint density at radius 2 is 1.83 bits per heavy atom. The molecule has 1 aliphatic heterocycles. The summed E-state index contributed by atoms with van der Waals surface area (Å²) >= 11 is 0. The number of halogens is 1. The van der Waals surface area contributed by atoms with E-state index in [0.717, 1.165) is 11.3 Å². The molecule has 0 aliphatic carbocycles. The van der Waals surface area contributed by atoms with Crippen molar-refractivity contribution in [3.8, 4) is 5.75 Å². The minimum atomic E-state index is -0.502. The second kappa shape index (κ2) is 6.44. The topological polar surface area (TPSA) is 47.9 Å². The van der Waals surface area contributed by atoms with Crippen molar-refractivity contribution in [2.75, 3.05) is 7.11 Å². The highest BCUT2D eigenvalue weighted by molar-refractivity contribution is 6.07. The number of rotatable bonds is 4. The molecule has 0 radical (unpaired) electrons. The van der Waals surface area contributed by atoms with E-state index < -0.39 is 5.97 Å². The Kier molecular flexibility index (Phi) is 4.19. The van der Waals surface area contributed by atoms with Crippen molar-refractivity contribution in [2.45, 2.75) is 6.42 Å². The summed E-state index contributed by atoms with van der Waals surface area (Å²) in [6, 6.07) is 13.3. The summed E-state index contributed by atoms with van der Waals surface area (Å²) in [6.45, 7) is 0. The van der Waals surface area contributed by atoms with Crippen LogP contribution in [0, 0.1) is 5.82 Å². The Balaban J connectivity index is 1.76. The lowest BCUT2D eigenvalue weighted by Crippen LogP contribution is -2.06. The molecule has 116 valence electrons. The average Bonchev–Trinajstić information content (AvgIpc) is 2.90. The molecule has 0 saturated heterocycles. The Bertz CT molecular complexity index is 777. The summed E-state index contributed by atoms with van der Waals surface area (Å²) in [7, 11) is 1.60. The number of benzene rings is 2. The molecule has 0 aromatic heterocycles. The number of carbonyl (C=O) groups is 1. The summed E-state index contributed by atoms with van der Waals surface area (Å²) in [5.41, 5.74) is 1.85. The zero-order chi connectivity index (χ0) is 16.2. The van der Waals surface area contributed by atoms with E-state index in [4.69, 9.17) is 9.47 Å². The molecule has 23 heavy (non-hydrogen) atoms. The van der Waals surface area contributed by atoms with Crippen molar-refractivity contribution >= 4 is 17.9 Å². The fourth-order valence-electron chi connectivity index (χ4n) is 2.16. The lowest BCUT2D eigenvalue weighted by atomic mass is 10.1. The van der Waals surface area contributed by atoms with Crippen molar-refractivity contribution in [1.29, 1.82) is 0 Å². The predicted molar refractivity (Wildman–Crippen MR) is 84.6 cm³/mol. The number of hydrogen-bond donors (Lipinski definition) is 0. The van der Waals surface area contributed by atoms with Crippen LogP contribution in [0.2, 0.25) is 0 Å². The Hall–Kier alpha value is -2.95. The van der Waals surface area contributed by atoms with E-state index in [1.54, 1.807) is 25.3 Å². The molecule has 0 fully saturated rings. The number of cyclic esters (lactones) is 1. The van der Waals surface area contributed by atoms with E-state index in [1.165, 1.54) is 12.1 Å². The van der Waals surface area contributed by atoms with Crippen molar-refractivity contribution < 1.29 is 18.7 Å². The summed E-state index contributed by atoms with van der Waals surface area (Å²) in [4.78, 5) is 16.1. The molecule has 0 amide bonds. The van der Waals surface area contributed by atoms with Gasteiger partial charge in [0.1, 0.15) is 11.6 Å². The van der Waals surface area contributed by atoms with Crippen molar-refractivity contribution in [3.05, 3.63) is 71.2 Å². The third kappa shape index (κ3) is 3.63. The van der Waals surface area contributed by atoms with Crippen LogP contribution < -0.4 is 4.74 Å². The van der Waals surface area contributed by atoms with Gasteiger partial charge >= 0.3 is 5.97 Å². The molecule has 0 N–H and O–H groups in total. The molecule has 3 rings (SSSR count). The summed E-state index contributed by atoms with van der Waals surface area (Å²) in [5, 5.41) is 0. The zero-order valence-corrected chi connectivity index (χ0v) is 12.5. The van der Waals surface area contributed by atoms with Gasteiger partial charge in [-0.1, -0.05) is 24.3 Å². The predicted octanol–water partition coefficient (Wildman–Crippen LogP) is 3.37. The average molecular weight is 311 g/mol. The van der Waals surface area contributed by atoms with Gasteiger partial charge in [-0.25, -0.2) is 14.2 Å². The third-order valence-corrected chi connectivity index (χ3v) is 3.35. The van der Waals surface area contributed by atoms with E-state index in [-0.39, 0.29) is 11.5 Å². The molecule has 5 heteroatoms. The van der Waals surface area contributed by atoms with Gasteiger partial charge in [0.2, 0.25) is 5.90 Å². The minimum Gasteiger partial charge on any atom is -0.497 e. The van der Waals surface area contributed by atoms with Gasteiger partial charge in [-0.15, -0.1) is 0 Å². The zero-order valence-electron chi connectivity index (χ0n) is 12.5. The van der Waals surface area contributed by atoms with E-state index in [1.807, 2.05) is 24.3 Å². The third-order valence-electron chi connectivity index (χ3n) is 3.35. The van der Waals surface area contributed by atoms with Crippen molar-refractivity contribution in [1.82, 2.24) is 0 Å². The van der Waals surface area contributed by atoms with E-state index >= 15 is 0 Å². The summed E-state index contributed by atoms with van der Waals surface area (Å²) < 4.78 is 23.2. The van der Waals surface area contributed by atoms with Crippen LogP contribution in [0.15, 0.2) is 59.2 Å². The second-order valence-electron chi connectivity index (χ2n) is 5.00. The fraction of sp³-hybridized carbons (Fsp3) is 0.111. The molecule has 0 saturated carbocycles. The van der Waals surface area contributed by atoms with Gasteiger partial charge in [0, 0.05) is 6.42 Å². The van der Waals surface area contributed by atoms with Gasteiger partial charge in [0.05, 0.1) is 7.11 Å². The highest BCUT2D eigenvalue weighted by Gasteiger charge is 2.22. The highest BCUT2D eigenvalue weighted by Crippen LogP contribution is 2.19. The number of methoxy groups -OCH3 is 1. The lowest BCUT2D eigenvalue weighted by Gasteiger charge is -2.02. The first kappa shape index (κ1) is 15.0. The monoisotopic (exact) mass is 311 g/mol. The molecule has 0 unspecified atom stereocenters. The molecule has 0 atom stereocenters. The number of hydrogen-bond acceptors (Lipinski definition) is 4. The van der Waals surface area contributed by atoms with Gasteiger partial charge < -0.3 is 9.47 Å². The van der Waals surface area contributed by atoms with Crippen LogP contribution >= 0.6 is 0 Å². The first-order chi connectivity index (χ1) is 11.1. The molecule has 0 bridgehead atoms. The van der Waals surface area contributed by atoms with Gasteiger partial charge in [0.15, 0.2) is 5.70 Å². The van der Waals surface area contributed by atoms with Gasteiger partial charge in [-0.3, -0.25) is 0 Å². The van der Waals surface area contributed by atoms with Crippen LogP contribution in [0.4, 0.5) is 4.39 Å². The largest absolute Gasteiger partial charge is 0.497 e. The quantitative estimate of drug-likeness (QED) is 0.642. The van der Waals surface area contributed by atoms with Crippen LogP contribution in [-0.4, -0.2) is 19.0 Å². The normalized spacial score (nSPS) is 15.5. The van der Waals surface area contributed by atoms with Crippen LogP contribution in [0.1, 0.15) is 11.1 Å². The number of ether oxygens (including phenoxy) is 2. The molecule has 2 aromatic rings. The van der Waals surface area contributed by atoms with E-state index in [9.17, 15) is 9.18 Å². The second-order valence-corrected chi connectivity index (χ2v) is 5.00. The lowest BCUT2D eigenvalue weighted by molar-refractivity contribution is -0.130. The maximum atomic E-state index is 12.9. The molecule has 0 spiro atoms. The maximum Gasteiger partial charge on any atom is 0.363 e. The van der Waals surface area contributed by atoms with Gasteiger partial charge in [0.25, 0.3) is 0 Å². The Morgan fingerprint density at radius 1 is 1.13 bits per heavy atom. The van der Waals surface area contributed by atoms with Gasteiger partial charge in [-0.05, 0) is 41.5 Å². The highest BCUT2D eigenvalue weighted by atomic mass is 19.1. The fourth-order valence-corrected chi connectivity index (χ4v) is 2.16. The molecule has 2 aromatic carbocycles. The number of nitrogens with zero attached hydrogens (tertiary/aromatic N) is 1. The Labute approximate surface area is 132 Å². The van der Waals surface area contributed by atoms with E-state index in [0.29, 0.717) is 17.9 Å². The van der Waals surface area contributed by atoms with Crippen molar-refractivity contribution in [2.24, 2.45) is 4.99 Å².